The van der Waals surface area contributed by atoms with Crippen LogP contribution in [0, 0.1) is 12.7 Å². The summed E-state index contributed by atoms with van der Waals surface area (Å²) in [6.07, 6.45) is 0.448. The van der Waals surface area contributed by atoms with Gasteiger partial charge in [-0.15, -0.1) is 0 Å². The van der Waals surface area contributed by atoms with Crippen LogP contribution in [0.1, 0.15) is 18.2 Å². The van der Waals surface area contributed by atoms with Gasteiger partial charge in [0.05, 0.1) is 16.0 Å². The third-order valence-corrected chi connectivity index (χ3v) is 6.38. The Balaban J connectivity index is 1.76. The molecule has 8 heteroatoms. The smallest absolute Gasteiger partial charge is 0.240 e. The third kappa shape index (κ3) is 4.34. The van der Waals surface area contributed by atoms with E-state index < -0.39 is 10.0 Å². The number of aromatic nitrogens is 1. The van der Waals surface area contributed by atoms with E-state index in [2.05, 4.69) is 25.6 Å². The van der Waals surface area contributed by atoms with Crippen LogP contribution in [0.25, 0.3) is 10.9 Å². The zero-order valence-electron chi connectivity index (χ0n) is 15.0. The summed E-state index contributed by atoms with van der Waals surface area (Å²) in [4.78, 5) is 3.33. The summed E-state index contributed by atoms with van der Waals surface area (Å²) in [5.74, 6) is 0.157. The van der Waals surface area contributed by atoms with Crippen molar-refractivity contribution in [2.24, 2.45) is 0 Å². The molecule has 0 amide bonds. The van der Waals surface area contributed by atoms with Crippen molar-refractivity contribution in [3.63, 3.8) is 0 Å². The summed E-state index contributed by atoms with van der Waals surface area (Å²) in [6.45, 7) is 4.36. The van der Waals surface area contributed by atoms with Gasteiger partial charge < -0.3 is 9.72 Å². The molecule has 5 nitrogen and oxygen atoms in total. The van der Waals surface area contributed by atoms with Crippen molar-refractivity contribution in [1.29, 1.82) is 0 Å². The number of rotatable bonds is 7. The molecule has 0 spiro atoms. The van der Waals surface area contributed by atoms with Gasteiger partial charge in [-0.3, -0.25) is 0 Å². The maximum atomic E-state index is 13.6. The second-order valence-corrected chi connectivity index (χ2v) is 8.71. The average molecular weight is 455 g/mol. The number of halogens is 2. The molecule has 27 heavy (non-hydrogen) atoms. The lowest BCUT2D eigenvalue weighted by Gasteiger charge is -2.10. The van der Waals surface area contributed by atoms with Crippen LogP contribution < -0.4 is 9.46 Å². The fourth-order valence-corrected chi connectivity index (χ4v) is 4.40. The molecule has 0 aliphatic carbocycles. The minimum atomic E-state index is -3.68. The van der Waals surface area contributed by atoms with Crippen LogP contribution in [0.15, 0.2) is 45.8 Å². The van der Waals surface area contributed by atoms with Gasteiger partial charge in [0.15, 0.2) is 0 Å². The molecule has 0 unspecified atom stereocenters. The Labute approximate surface area is 166 Å². The molecule has 0 saturated heterocycles. The molecule has 3 rings (SSSR count). The van der Waals surface area contributed by atoms with E-state index in [1.165, 1.54) is 24.3 Å². The Hall–Kier alpha value is -1.90. The highest BCUT2D eigenvalue weighted by Crippen LogP contribution is 2.28. The highest BCUT2D eigenvalue weighted by molar-refractivity contribution is 9.10. The predicted molar refractivity (Wildman–Crippen MR) is 107 cm³/mol. The van der Waals surface area contributed by atoms with Gasteiger partial charge in [0.2, 0.25) is 10.0 Å². The fourth-order valence-electron chi connectivity index (χ4n) is 2.99. The summed E-state index contributed by atoms with van der Waals surface area (Å²) >= 11 is 3.34. The average Bonchev–Trinajstić information content (AvgIpc) is 2.92. The number of aromatic amines is 1. The molecule has 0 saturated carbocycles. The van der Waals surface area contributed by atoms with Crippen LogP contribution in [0.4, 0.5) is 4.39 Å². The van der Waals surface area contributed by atoms with Crippen molar-refractivity contribution in [1.82, 2.24) is 9.71 Å². The van der Waals surface area contributed by atoms with Gasteiger partial charge in [-0.25, -0.2) is 17.5 Å². The van der Waals surface area contributed by atoms with E-state index in [4.69, 9.17) is 4.74 Å². The summed E-state index contributed by atoms with van der Waals surface area (Å²) in [5, 5.41) is 0.772. The number of hydrogen-bond acceptors (Lipinski definition) is 3. The van der Waals surface area contributed by atoms with Crippen molar-refractivity contribution in [3.05, 3.63) is 57.9 Å². The number of sulfonamides is 1. The highest BCUT2D eigenvalue weighted by Gasteiger charge is 2.17. The molecule has 2 N–H and O–H groups in total. The van der Waals surface area contributed by atoms with Crippen molar-refractivity contribution in [3.8, 4) is 5.75 Å². The van der Waals surface area contributed by atoms with Crippen LogP contribution >= 0.6 is 15.9 Å². The van der Waals surface area contributed by atoms with Crippen molar-refractivity contribution in [2.75, 3.05) is 13.2 Å². The molecule has 144 valence electrons. The van der Waals surface area contributed by atoms with Gasteiger partial charge >= 0.3 is 0 Å². The number of H-pyrrole nitrogens is 1. The highest BCUT2D eigenvalue weighted by atomic mass is 79.9. The molecule has 0 fully saturated rings. The first kappa shape index (κ1) is 19.9. The second kappa shape index (κ2) is 8.00. The monoisotopic (exact) mass is 454 g/mol. The molecule has 0 aliphatic rings. The lowest BCUT2D eigenvalue weighted by atomic mass is 10.1. The Morgan fingerprint density at radius 3 is 2.74 bits per heavy atom. The summed E-state index contributed by atoms with van der Waals surface area (Å²) in [7, 11) is -3.68. The molecule has 1 heterocycles. The van der Waals surface area contributed by atoms with Gasteiger partial charge in [-0.05, 0) is 72.1 Å². The van der Waals surface area contributed by atoms with Crippen LogP contribution in [0.2, 0.25) is 0 Å². The molecular weight excluding hydrogens is 435 g/mol. The minimum Gasteiger partial charge on any atom is -0.493 e. The summed E-state index contributed by atoms with van der Waals surface area (Å²) < 4.78 is 47.4. The first-order valence-corrected chi connectivity index (χ1v) is 10.8. The zero-order valence-corrected chi connectivity index (χ0v) is 17.4. The Kier molecular flexibility index (Phi) is 5.88. The van der Waals surface area contributed by atoms with Gasteiger partial charge in [-0.1, -0.05) is 0 Å². The SMILES string of the molecule is CCOc1cc(S(=O)(=O)NCCc2c(C)[nH]c3ccc(F)cc23)ccc1Br. The molecule has 0 bridgehead atoms. The molecule has 1 aromatic heterocycles. The van der Waals surface area contributed by atoms with Crippen molar-refractivity contribution >= 4 is 36.9 Å². The van der Waals surface area contributed by atoms with E-state index in [0.29, 0.717) is 23.2 Å². The van der Waals surface area contributed by atoms with Gasteiger partial charge in [0, 0.05) is 29.2 Å². The maximum absolute atomic E-state index is 13.6. The minimum absolute atomic E-state index is 0.135. The Bertz CT molecular complexity index is 1080. The quantitative estimate of drug-likeness (QED) is 0.558. The fraction of sp³-hybridized carbons (Fsp3) is 0.263. The van der Waals surface area contributed by atoms with E-state index >= 15 is 0 Å². The van der Waals surface area contributed by atoms with Crippen LogP contribution in [-0.4, -0.2) is 26.6 Å². The normalized spacial score (nSPS) is 11.9. The van der Waals surface area contributed by atoms with E-state index in [1.54, 1.807) is 12.1 Å². The third-order valence-electron chi connectivity index (χ3n) is 4.26. The number of benzene rings is 2. The Morgan fingerprint density at radius 2 is 2.00 bits per heavy atom. The van der Waals surface area contributed by atoms with Crippen LogP contribution in [0.3, 0.4) is 0 Å². The molecule has 0 radical (unpaired) electrons. The molecule has 0 atom stereocenters. The van der Waals surface area contributed by atoms with E-state index in [0.717, 1.165) is 22.2 Å². The first-order chi connectivity index (χ1) is 12.8. The predicted octanol–water partition coefficient (Wildman–Crippen LogP) is 4.30. The van der Waals surface area contributed by atoms with Crippen LogP contribution in [-0.2, 0) is 16.4 Å². The standard InChI is InChI=1S/C19H20BrFN2O3S/c1-3-26-19-11-14(5-6-17(19)20)27(24,25)22-9-8-15-12(2)23-18-7-4-13(21)10-16(15)18/h4-7,10-11,22-23H,3,8-9H2,1-2H3. The summed E-state index contributed by atoms with van der Waals surface area (Å²) in [5.41, 5.74) is 2.64. The summed E-state index contributed by atoms with van der Waals surface area (Å²) in [6, 6.07) is 9.19. The number of fused-ring (bicyclic) bond motifs is 1. The lowest BCUT2D eigenvalue weighted by molar-refractivity contribution is 0.337. The zero-order chi connectivity index (χ0) is 19.6. The Morgan fingerprint density at radius 1 is 1.22 bits per heavy atom. The topological polar surface area (TPSA) is 71.2 Å². The van der Waals surface area contributed by atoms with Gasteiger partial charge in [-0.2, -0.15) is 0 Å². The maximum Gasteiger partial charge on any atom is 0.240 e. The largest absolute Gasteiger partial charge is 0.493 e. The van der Waals surface area contributed by atoms with Crippen LogP contribution in [0.5, 0.6) is 5.75 Å². The van der Waals surface area contributed by atoms with E-state index in [9.17, 15) is 12.8 Å². The van der Waals surface area contributed by atoms with E-state index in [-0.39, 0.29) is 17.3 Å². The van der Waals surface area contributed by atoms with Gasteiger partial charge in [0.25, 0.3) is 0 Å². The number of hydrogen-bond donors (Lipinski definition) is 2. The molecule has 2 aromatic carbocycles. The number of aryl methyl sites for hydroxylation is 1. The first-order valence-electron chi connectivity index (χ1n) is 8.50. The second-order valence-electron chi connectivity index (χ2n) is 6.09. The number of ether oxygens (including phenoxy) is 1. The molecule has 3 aromatic rings. The van der Waals surface area contributed by atoms with E-state index in [1.807, 2.05) is 13.8 Å². The molecule has 0 aliphatic heterocycles. The van der Waals surface area contributed by atoms with Crippen molar-refractivity contribution < 1.29 is 17.5 Å². The number of nitrogens with one attached hydrogen (secondary N) is 2. The molecular formula is C19H20BrFN2O3S. The van der Waals surface area contributed by atoms with Crippen molar-refractivity contribution in [2.45, 2.75) is 25.2 Å². The lowest BCUT2D eigenvalue weighted by Crippen LogP contribution is -2.26. The van der Waals surface area contributed by atoms with Gasteiger partial charge in [0.1, 0.15) is 11.6 Å².